The summed E-state index contributed by atoms with van der Waals surface area (Å²) in [5.41, 5.74) is 1.59. The standard InChI is InChI=1S/C11H8N3O.CH3.U.V.Y/c1-15-10(12)11-13-7-9(14-11)8-5-3-2-4-6-8;;;;/h2-3,5-7H,1H3;1H3;;;/q-3;-1;;;. The molecule has 1 aromatic heterocycles. The van der Waals surface area contributed by atoms with Gasteiger partial charge in [0.05, 0.1) is 7.11 Å². The minimum absolute atomic E-state index is 0. The van der Waals surface area contributed by atoms with E-state index in [9.17, 15) is 5.41 Å². The molecule has 0 atom stereocenters. The molecular formula is C12H11N3OUVY-4. The largest absolute Gasteiger partial charge is 0.772 e. The number of rotatable bonds is 2. The first-order valence-corrected chi connectivity index (χ1v) is 4.38. The molecule has 0 unspecified atom stereocenters. The fraction of sp³-hybridized carbons (Fsp3) is 0.0833. The zero-order valence-corrected chi connectivity index (χ0v) is 19.1. The molecule has 0 N–H and O–H groups in total. The maximum atomic E-state index is 9.25. The summed E-state index contributed by atoms with van der Waals surface area (Å²) in [6.07, 6.45) is 1.58. The Labute approximate surface area is 174 Å². The molecule has 0 aliphatic heterocycles. The number of methoxy groups -OCH3 is 1. The van der Waals surface area contributed by atoms with E-state index < -0.39 is 0 Å². The van der Waals surface area contributed by atoms with Gasteiger partial charge in [-0.25, -0.2) is 0 Å². The summed E-state index contributed by atoms with van der Waals surface area (Å²) in [5.74, 6) is -0.0856. The van der Waals surface area contributed by atoms with Crippen molar-refractivity contribution < 1.29 is 87.1 Å². The van der Waals surface area contributed by atoms with Crippen molar-refractivity contribution in [2.75, 3.05) is 7.11 Å². The van der Waals surface area contributed by atoms with E-state index in [1.807, 2.05) is 12.1 Å². The van der Waals surface area contributed by atoms with Gasteiger partial charge < -0.3 is 27.5 Å². The van der Waals surface area contributed by atoms with Crippen LogP contribution in [-0.2, 0) is 56.0 Å². The zero-order valence-electron chi connectivity index (χ0n) is 10.7. The second kappa shape index (κ2) is 12.4. The van der Waals surface area contributed by atoms with E-state index in [2.05, 4.69) is 20.8 Å². The number of benzene rings is 1. The van der Waals surface area contributed by atoms with E-state index in [1.54, 1.807) is 18.3 Å². The first-order chi connectivity index (χ1) is 7.31. The van der Waals surface area contributed by atoms with Crippen LogP contribution in [0, 0.1) is 44.6 Å². The van der Waals surface area contributed by atoms with Crippen molar-refractivity contribution in [3.05, 3.63) is 55.2 Å². The molecule has 1 heterocycles. The SMILES string of the molecule is COC(=[N-])c1ncc(-c2c[c-]ccc2)[n-]1.[CH3-].[U].[V].[Y]. The average Bonchev–Trinajstić information content (AvgIpc) is 2.78. The number of aromatic nitrogens is 2. The van der Waals surface area contributed by atoms with Gasteiger partial charge in [-0.15, -0.1) is 5.56 Å². The number of hydrogen-bond donors (Lipinski definition) is 0. The van der Waals surface area contributed by atoms with E-state index in [1.165, 1.54) is 7.11 Å². The minimum atomic E-state index is -0.277. The Morgan fingerprint density at radius 2 is 2.16 bits per heavy atom. The van der Waals surface area contributed by atoms with Gasteiger partial charge in [0, 0.05) is 82.4 Å². The molecule has 0 aliphatic rings. The van der Waals surface area contributed by atoms with Gasteiger partial charge in [-0.1, -0.05) is 11.9 Å². The van der Waals surface area contributed by atoms with E-state index in [0.717, 1.165) is 5.56 Å². The van der Waals surface area contributed by atoms with Crippen LogP contribution in [0.15, 0.2) is 30.5 Å². The quantitative estimate of drug-likeness (QED) is 0.305. The molecule has 4 nitrogen and oxygen atoms in total. The van der Waals surface area contributed by atoms with Gasteiger partial charge in [-0.2, -0.15) is 30.3 Å². The summed E-state index contributed by atoms with van der Waals surface area (Å²) < 4.78 is 4.62. The fourth-order valence-corrected chi connectivity index (χ4v) is 1.18. The fourth-order valence-electron chi connectivity index (χ4n) is 1.18. The smallest absolute Gasteiger partial charge is 0.0747 e. The maximum absolute atomic E-state index is 9.25. The molecule has 0 fully saturated rings. The summed E-state index contributed by atoms with van der Waals surface area (Å²) in [4.78, 5) is 8.03. The molecule has 7 heteroatoms. The molecule has 1 aromatic carbocycles. The van der Waals surface area contributed by atoms with Crippen molar-refractivity contribution in [2.24, 2.45) is 0 Å². The molecule has 0 saturated heterocycles. The van der Waals surface area contributed by atoms with Crippen LogP contribution in [0.2, 0.25) is 0 Å². The van der Waals surface area contributed by atoms with Gasteiger partial charge in [0.15, 0.2) is 0 Å². The molecule has 0 spiro atoms. The molecule has 2 rings (SSSR count). The monoisotopic (exact) mass is 591 g/mol. The van der Waals surface area contributed by atoms with Gasteiger partial charge in [-0.05, 0) is 11.7 Å². The third kappa shape index (κ3) is 6.76. The Kier molecular flexibility index (Phi) is 16.1. The summed E-state index contributed by atoms with van der Waals surface area (Å²) in [7, 11) is 1.36. The van der Waals surface area contributed by atoms with Gasteiger partial charge in [-0.3, -0.25) is 0 Å². The number of hydrogen-bond acceptors (Lipinski definition) is 2. The minimum Gasteiger partial charge on any atom is -0.772 e. The van der Waals surface area contributed by atoms with E-state index in [-0.39, 0.29) is 102 Å². The van der Waals surface area contributed by atoms with Crippen molar-refractivity contribution in [1.82, 2.24) is 9.97 Å². The van der Waals surface area contributed by atoms with Crippen LogP contribution in [0.25, 0.3) is 16.7 Å². The Morgan fingerprint density at radius 1 is 1.47 bits per heavy atom. The second-order valence-electron chi connectivity index (χ2n) is 2.88. The van der Waals surface area contributed by atoms with Gasteiger partial charge >= 0.3 is 0 Å². The van der Waals surface area contributed by atoms with Crippen LogP contribution in [0.4, 0.5) is 0 Å². The van der Waals surface area contributed by atoms with E-state index >= 15 is 0 Å². The number of ether oxygens (including phenoxy) is 1. The third-order valence-electron chi connectivity index (χ3n) is 1.92. The number of imidazole rings is 1. The maximum Gasteiger partial charge on any atom is 0.0747 e. The Hall–Kier alpha value is 0.640. The van der Waals surface area contributed by atoms with Gasteiger partial charge in [0.2, 0.25) is 0 Å². The molecular weight excluding hydrogens is 580 g/mol. The third-order valence-corrected chi connectivity index (χ3v) is 1.92. The Balaban J connectivity index is -0.000000640. The van der Waals surface area contributed by atoms with Crippen molar-refractivity contribution >= 4 is 5.90 Å². The number of nitrogens with zero attached hydrogens (tertiary/aromatic N) is 3. The molecule has 2 aromatic rings. The van der Waals surface area contributed by atoms with Crippen LogP contribution in [-0.4, -0.2) is 18.0 Å². The summed E-state index contributed by atoms with van der Waals surface area (Å²) in [6, 6.07) is 10.3. The zero-order chi connectivity index (χ0) is 10.7. The van der Waals surface area contributed by atoms with Crippen molar-refractivity contribution in [3.63, 3.8) is 0 Å². The first kappa shape index (κ1) is 24.6. The summed E-state index contributed by atoms with van der Waals surface area (Å²) in [5, 5.41) is 9.25. The predicted molar refractivity (Wildman–Crippen MR) is 62.7 cm³/mol. The van der Waals surface area contributed by atoms with Crippen LogP contribution in [0.5, 0.6) is 0 Å². The van der Waals surface area contributed by atoms with Crippen LogP contribution >= 0.6 is 0 Å². The van der Waals surface area contributed by atoms with Crippen LogP contribution in [0.1, 0.15) is 5.82 Å². The molecule has 96 valence electrons. The first-order valence-electron chi connectivity index (χ1n) is 4.38. The molecule has 0 bridgehead atoms. The van der Waals surface area contributed by atoms with E-state index in [0.29, 0.717) is 5.69 Å². The van der Waals surface area contributed by atoms with Crippen molar-refractivity contribution in [1.29, 1.82) is 0 Å². The van der Waals surface area contributed by atoms with E-state index in [4.69, 9.17) is 0 Å². The average molecular weight is 591 g/mol. The second-order valence-corrected chi connectivity index (χ2v) is 2.88. The normalized spacial score (nSPS) is 7.84. The molecule has 0 aliphatic carbocycles. The molecule has 2 radical (unpaired) electrons. The van der Waals surface area contributed by atoms with Gasteiger partial charge in [0.25, 0.3) is 0 Å². The molecule has 19 heavy (non-hydrogen) atoms. The molecule has 0 saturated carbocycles. The predicted octanol–water partition coefficient (Wildman–Crippen LogP) is 1.91. The van der Waals surface area contributed by atoms with Gasteiger partial charge in [0.1, 0.15) is 0 Å². The Bertz CT molecular complexity index is 479. The topological polar surface area (TPSA) is 58.5 Å². The van der Waals surface area contributed by atoms with Crippen molar-refractivity contribution in [3.8, 4) is 11.3 Å². The van der Waals surface area contributed by atoms with Crippen molar-refractivity contribution in [2.45, 2.75) is 0 Å². The summed E-state index contributed by atoms with van der Waals surface area (Å²) in [6.45, 7) is 0. The molecule has 0 amide bonds. The van der Waals surface area contributed by atoms with Crippen LogP contribution < -0.4 is 4.98 Å². The Morgan fingerprint density at radius 3 is 2.68 bits per heavy atom. The van der Waals surface area contributed by atoms with Crippen LogP contribution in [0.3, 0.4) is 0 Å². The summed E-state index contributed by atoms with van der Waals surface area (Å²) >= 11 is 0.